The molecule has 0 aliphatic heterocycles. The van der Waals surface area contributed by atoms with E-state index in [4.69, 9.17) is 6.85 Å². The van der Waals surface area contributed by atoms with Crippen LogP contribution >= 0.6 is 0 Å². The Balaban J connectivity index is 3.24. The van der Waals surface area contributed by atoms with Crippen LogP contribution in [-0.4, -0.2) is 5.97 Å². The van der Waals surface area contributed by atoms with Gasteiger partial charge in [-0.3, -0.25) is 0 Å². The molecule has 80 valence electrons. The Morgan fingerprint density at radius 1 is 1.47 bits per heavy atom. The third-order valence-corrected chi connectivity index (χ3v) is 1.31. The number of carbonyl (C=O) groups excluding carboxylic acids is 1. The van der Waals surface area contributed by atoms with Crippen LogP contribution in [-0.2, 0) is 4.79 Å². The summed E-state index contributed by atoms with van der Waals surface area (Å²) in [7, 11) is 0. The molecular formula is C10H7F3O2. The Morgan fingerprint density at radius 3 is 2.73 bits per heavy atom. The number of hydrogen-bond acceptors (Lipinski definition) is 2. The predicted octanol–water partition coefficient (Wildman–Crippen LogP) is 2.59. The Bertz CT molecular complexity index is 569. The zero-order valence-electron chi connectivity index (χ0n) is 12.2. The summed E-state index contributed by atoms with van der Waals surface area (Å²) in [4.78, 5) is 11.4. The van der Waals surface area contributed by atoms with Crippen LogP contribution in [0.15, 0.2) is 24.2 Å². The molecule has 0 saturated heterocycles. The standard InChI is InChI=1S/C10H7F3O2/c1-5(2)10(14)15-7-4-3-6(11)8(12)9(7)13/h3-4H,1H2,2H3/i2D3,3D,4D. The van der Waals surface area contributed by atoms with Gasteiger partial charge in [-0.15, -0.1) is 0 Å². The number of ether oxygens (including phenoxy) is 1. The first-order valence-electron chi connectivity index (χ1n) is 6.03. The number of halogens is 3. The number of carbonyl (C=O) groups is 1. The fourth-order valence-corrected chi connectivity index (χ4v) is 0.642. The van der Waals surface area contributed by atoms with Gasteiger partial charge in [-0.25, -0.2) is 13.6 Å². The van der Waals surface area contributed by atoms with Crippen molar-refractivity contribution in [3.05, 3.63) is 41.7 Å². The van der Waals surface area contributed by atoms with E-state index in [9.17, 15) is 18.0 Å². The molecule has 1 rings (SSSR count). The van der Waals surface area contributed by atoms with Crippen molar-refractivity contribution in [2.75, 3.05) is 0 Å². The van der Waals surface area contributed by atoms with Crippen LogP contribution in [0.25, 0.3) is 0 Å². The molecule has 0 N–H and O–H groups in total. The predicted molar refractivity (Wildman–Crippen MR) is 46.8 cm³/mol. The van der Waals surface area contributed by atoms with Gasteiger partial charge >= 0.3 is 5.97 Å². The number of hydrogen-bond donors (Lipinski definition) is 0. The zero-order chi connectivity index (χ0) is 15.8. The molecule has 0 bridgehead atoms. The van der Waals surface area contributed by atoms with Crippen LogP contribution in [0, 0.1) is 17.5 Å². The van der Waals surface area contributed by atoms with E-state index in [0.29, 0.717) is 0 Å². The molecule has 1 aromatic rings. The maximum atomic E-state index is 13.4. The van der Waals surface area contributed by atoms with E-state index < -0.39 is 53.7 Å². The molecule has 0 aromatic heterocycles. The molecule has 1 aromatic carbocycles. The quantitative estimate of drug-likeness (QED) is 0.332. The van der Waals surface area contributed by atoms with Crippen molar-refractivity contribution in [3.8, 4) is 5.75 Å². The van der Waals surface area contributed by atoms with Crippen LogP contribution in [0.5, 0.6) is 5.75 Å². The summed E-state index contributed by atoms with van der Waals surface area (Å²) in [5.41, 5.74) is -1.03. The summed E-state index contributed by atoms with van der Waals surface area (Å²) >= 11 is 0. The van der Waals surface area contributed by atoms with E-state index in [1.807, 2.05) is 0 Å². The first-order chi connectivity index (χ1) is 8.98. The monoisotopic (exact) mass is 221 g/mol. The summed E-state index contributed by atoms with van der Waals surface area (Å²) < 4.78 is 78.4. The van der Waals surface area contributed by atoms with Crippen molar-refractivity contribution in [2.24, 2.45) is 0 Å². The molecule has 0 fully saturated rings. The molecule has 0 unspecified atom stereocenters. The molecular weight excluding hydrogens is 209 g/mol. The van der Waals surface area contributed by atoms with E-state index in [0.717, 1.165) is 0 Å². The third kappa shape index (κ3) is 2.37. The van der Waals surface area contributed by atoms with Crippen molar-refractivity contribution >= 4 is 5.97 Å². The lowest BCUT2D eigenvalue weighted by atomic mass is 10.3. The van der Waals surface area contributed by atoms with Crippen molar-refractivity contribution in [1.29, 1.82) is 0 Å². The fraction of sp³-hybridized carbons (Fsp3) is 0.100. The summed E-state index contributed by atoms with van der Waals surface area (Å²) in [5, 5.41) is 0. The minimum atomic E-state index is -2.93. The highest BCUT2D eigenvalue weighted by molar-refractivity contribution is 5.88. The number of esters is 1. The summed E-state index contributed by atoms with van der Waals surface area (Å²) in [6, 6.07) is -2.56. The lowest BCUT2D eigenvalue weighted by Crippen LogP contribution is -2.10. The molecule has 0 aliphatic carbocycles. The fourth-order valence-electron chi connectivity index (χ4n) is 0.642. The molecule has 0 amide bonds. The van der Waals surface area contributed by atoms with Gasteiger partial charge in [-0.1, -0.05) is 6.58 Å². The second-order valence-corrected chi connectivity index (χ2v) is 2.39. The SMILES string of the molecule is [2H]c1c([2H])c(OC(=O)C(=C)C([2H])([2H])[2H])c(F)c(F)c1F. The van der Waals surface area contributed by atoms with Crippen LogP contribution in [0.1, 0.15) is 13.7 Å². The Morgan fingerprint density at radius 2 is 2.13 bits per heavy atom. The average molecular weight is 221 g/mol. The van der Waals surface area contributed by atoms with Crippen molar-refractivity contribution in [1.82, 2.24) is 0 Å². The van der Waals surface area contributed by atoms with Crippen LogP contribution in [0.3, 0.4) is 0 Å². The first kappa shape index (κ1) is 5.95. The molecule has 0 saturated carbocycles. The van der Waals surface area contributed by atoms with Gasteiger partial charge < -0.3 is 4.74 Å². The molecule has 15 heavy (non-hydrogen) atoms. The Kier molecular flexibility index (Phi) is 1.65. The normalized spacial score (nSPS) is 15.5. The molecule has 0 heterocycles. The highest BCUT2D eigenvalue weighted by Crippen LogP contribution is 2.22. The second-order valence-electron chi connectivity index (χ2n) is 2.39. The van der Waals surface area contributed by atoms with Crippen molar-refractivity contribution < 1.29 is 29.6 Å². The second kappa shape index (κ2) is 4.16. The minimum absolute atomic E-state index is 1.03. The first-order valence-corrected chi connectivity index (χ1v) is 3.53. The number of rotatable bonds is 2. The molecule has 0 radical (unpaired) electrons. The number of benzene rings is 1. The minimum Gasteiger partial charge on any atom is -0.420 e. The largest absolute Gasteiger partial charge is 0.420 e. The summed E-state index contributed by atoms with van der Waals surface area (Å²) in [5.74, 6) is -9.03. The zero-order valence-corrected chi connectivity index (χ0v) is 7.16. The van der Waals surface area contributed by atoms with Gasteiger partial charge in [0.25, 0.3) is 0 Å². The molecule has 0 atom stereocenters. The van der Waals surface area contributed by atoms with Gasteiger partial charge in [0, 0.05) is 9.69 Å². The van der Waals surface area contributed by atoms with Crippen LogP contribution in [0.4, 0.5) is 13.2 Å². The highest BCUT2D eigenvalue weighted by atomic mass is 19.2. The molecule has 5 heteroatoms. The Hall–Kier alpha value is -1.78. The van der Waals surface area contributed by atoms with Gasteiger partial charge in [-0.05, 0) is 18.9 Å². The van der Waals surface area contributed by atoms with Gasteiger partial charge in [-0.2, -0.15) is 4.39 Å². The van der Waals surface area contributed by atoms with Gasteiger partial charge in [0.15, 0.2) is 17.4 Å². The third-order valence-electron chi connectivity index (χ3n) is 1.31. The average Bonchev–Trinajstić information content (AvgIpc) is 2.36. The van der Waals surface area contributed by atoms with Crippen LogP contribution < -0.4 is 4.74 Å². The summed E-state index contributed by atoms with van der Waals surface area (Å²) in [6.45, 7) is -0.0240. The van der Waals surface area contributed by atoms with Gasteiger partial charge in [0.1, 0.15) is 0 Å². The molecule has 2 nitrogen and oxygen atoms in total. The highest BCUT2D eigenvalue weighted by Gasteiger charge is 2.16. The Labute approximate surface area is 91.0 Å². The summed E-state index contributed by atoms with van der Waals surface area (Å²) in [6.07, 6.45) is 0. The smallest absolute Gasteiger partial charge is 0.338 e. The van der Waals surface area contributed by atoms with Gasteiger partial charge in [0.2, 0.25) is 5.82 Å². The van der Waals surface area contributed by atoms with E-state index in [1.54, 1.807) is 0 Å². The maximum Gasteiger partial charge on any atom is 0.338 e. The van der Waals surface area contributed by atoms with Gasteiger partial charge in [0.05, 0.1) is 2.74 Å². The lowest BCUT2D eigenvalue weighted by molar-refractivity contribution is -0.130. The van der Waals surface area contributed by atoms with Crippen molar-refractivity contribution in [3.63, 3.8) is 0 Å². The molecule has 0 spiro atoms. The topological polar surface area (TPSA) is 26.3 Å². The maximum absolute atomic E-state index is 13.4. The lowest BCUT2D eigenvalue weighted by Gasteiger charge is -2.05. The van der Waals surface area contributed by atoms with E-state index >= 15 is 0 Å². The molecule has 0 aliphatic rings. The van der Waals surface area contributed by atoms with E-state index in [1.165, 1.54) is 0 Å². The van der Waals surface area contributed by atoms with Crippen LogP contribution in [0.2, 0.25) is 0 Å². The van der Waals surface area contributed by atoms with Crippen molar-refractivity contribution in [2.45, 2.75) is 6.85 Å². The van der Waals surface area contributed by atoms with E-state index in [-0.39, 0.29) is 0 Å². The van der Waals surface area contributed by atoms with E-state index in [2.05, 4.69) is 11.3 Å².